The summed E-state index contributed by atoms with van der Waals surface area (Å²) < 4.78 is 5.51. The zero-order chi connectivity index (χ0) is 22.1. The molecule has 0 bridgehead atoms. The third kappa shape index (κ3) is 5.93. The Labute approximate surface area is 182 Å². The molecule has 1 saturated heterocycles. The third-order valence-electron chi connectivity index (χ3n) is 4.33. The second-order valence-corrected chi connectivity index (χ2v) is 7.25. The Morgan fingerprint density at radius 1 is 1.29 bits per heavy atom. The van der Waals surface area contributed by atoms with E-state index in [2.05, 4.69) is 20.6 Å². The fourth-order valence-corrected chi connectivity index (χ4v) is 3.80. The number of nitrogens with one attached hydrogen (secondary N) is 2. The van der Waals surface area contributed by atoms with E-state index in [4.69, 9.17) is 14.6 Å². The van der Waals surface area contributed by atoms with Crippen LogP contribution in [-0.2, 0) is 25.7 Å². The quantitative estimate of drug-likeness (QED) is 0.516. The number of thiazole rings is 1. The molecule has 1 aliphatic heterocycles. The normalized spacial score (nSPS) is 17.6. The Morgan fingerprint density at radius 3 is 2.77 bits per heavy atom. The molecule has 0 radical (unpaired) electrons. The number of nitrogens with zero attached hydrogens (tertiary/aromatic N) is 2. The minimum atomic E-state index is -0.825. The number of pyridine rings is 1. The maximum absolute atomic E-state index is 12.7. The van der Waals surface area contributed by atoms with E-state index in [1.807, 2.05) is 35.7 Å². The summed E-state index contributed by atoms with van der Waals surface area (Å²) in [6, 6.07) is 12.9. The largest absolute Gasteiger partial charge is 0.483 e. The summed E-state index contributed by atoms with van der Waals surface area (Å²) in [7, 11) is 0. The Kier molecular flexibility index (Phi) is 7.79. The average molecular weight is 440 g/mol. The lowest BCUT2D eigenvalue weighted by Crippen LogP contribution is -2.52. The van der Waals surface area contributed by atoms with Gasteiger partial charge in [-0.15, -0.1) is 11.3 Å². The molecule has 0 unspecified atom stereocenters. The molecular weight excluding hydrogens is 420 g/mol. The molecule has 9 nitrogen and oxygen atoms in total. The van der Waals surface area contributed by atoms with Crippen molar-refractivity contribution in [1.82, 2.24) is 20.6 Å². The Morgan fingerprint density at radius 2 is 2.06 bits per heavy atom. The topological polar surface area (TPSA) is 131 Å². The van der Waals surface area contributed by atoms with Gasteiger partial charge in [0.05, 0.1) is 18.3 Å². The number of morpholine rings is 1. The molecule has 1 aliphatic rings. The first-order valence-corrected chi connectivity index (χ1v) is 10.2. The molecule has 160 valence electrons. The van der Waals surface area contributed by atoms with Crippen molar-refractivity contribution < 1.29 is 24.2 Å². The van der Waals surface area contributed by atoms with Gasteiger partial charge >= 0.3 is 0 Å². The van der Waals surface area contributed by atoms with Gasteiger partial charge in [-0.05, 0) is 11.6 Å². The number of carboxylic acid groups (broad SMARTS) is 1. The molecule has 0 spiro atoms. The maximum Gasteiger partial charge on any atom is 0.290 e. The first kappa shape index (κ1) is 22.1. The first-order valence-electron chi connectivity index (χ1n) is 9.28. The molecule has 1 aromatic carbocycles. The van der Waals surface area contributed by atoms with Crippen LogP contribution in [0, 0.1) is 0 Å². The maximum atomic E-state index is 12.7. The van der Waals surface area contributed by atoms with Gasteiger partial charge in [0.2, 0.25) is 5.91 Å². The molecule has 1 fully saturated rings. The molecule has 31 heavy (non-hydrogen) atoms. The Hall–Kier alpha value is -3.63. The van der Waals surface area contributed by atoms with Gasteiger partial charge in [-0.1, -0.05) is 36.4 Å². The lowest BCUT2D eigenvalue weighted by molar-refractivity contribution is -0.148. The van der Waals surface area contributed by atoms with Crippen LogP contribution >= 0.6 is 11.3 Å². The van der Waals surface area contributed by atoms with Crippen molar-refractivity contribution in [2.45, 2.75) is 18.7 Å². The molecule has 0 saturated carbocycles. The van der Waals surface area contributed by atoms with Gasteiger partial charge in [0.25, 0.3) is 12.4 Å². The van der Waals surface area contributed by atoms with Crippen molar-refractivity contribution in [2.75, 3.05) is 6.61 Å². The number of hydrogen-bond acceptors (Lipinski definition) is 7. The molecule has 3 aromatic rings. The second kappa shape index (κ2) is 11.0. The monoisotopic (exact) mass is 440 g/mol. The Balaban J connectivity index is 0.000000858. The highest BCUT2D eigenvalue weighted by molar-refractivity contribution is 7.13. The summed E-state index contributed by atoms with van der Waals surface area (Å²) in [5, 5.41) is 15.4. The van der Waals surface area contributed by atoms with Crippen LogP contribution in [0.25, 0.3) is 10.6 Å². The van der Waals surface area contributed by atoms with Gasteiger partial charge < -0.3 is 20.5 Å². The van der Waals surface area contributed by atoms with Crippen molar-refractivity contribution >= 4 is 29.6 Å². The van der Waals surface area contributed by atoms with E-state index in [0.29, 0.717) is 0 Å². The van der Waals surface area contributed by atoms with Crippen molar-refractivity contribution in [3.63, 3.8) is 0 Å². The smallest absolute Gasteiger partial charge is 0.290 e. The number of benzene rings is 1. The zero-order valence-electron chi connectivity index (χ0n) is 16.3. The van der Waals surface area contributed by atoms with Gasteiger partial charge in [0.15, 0.2) is 6.10 Å². The predicted molar refractivity (Wildman–Crippen MR) is 113 cm³/mol. The van der Waals surface area contributed by atoms with Crippen LogP contribution in [0.4, 0.5) is 0 Å². The summed E-state index contributed by atoms with van der Waals surface area (Å²) >= 11 is 1.53. The van der Waals surface area contributed by atoms with Crippen molar-refractivity contribution in [1.29, 1.82) is 0 Å². The summed E-state index contributed by atoms with van der Waals surface area (Å²) in [6.45, 7) is -0.112. The van der Waals surface area contributed by atoms with E-state index < -0.39 is 12.1 Å². The van der Waals surface area contributed by atoms with E-state index in [0.717, 1.165) is 21.8 Å². The highest BCUT2D eigenvalue weighted by Crippen LogP contribution is 2.24. The van der Waals surface area contributed by atoms with Gasteiger partial charge in [0, 0.05) is 23.3 Å². The van der Waals surface area contributed by atoms with Gasteiger partial charge in [-0.25, -0.2) is 4.98 Å². The number of carbonyl (C=O) groups excluding carboxylic acids is 2. The van der Waals surface area contributed by atoms with Crippen molar-refractivity contribution in [3.8, 4) is 10.6 Å². The number of amides is 2. The lowest BCUT2D eigenvalue weighted by atomic mass is 10.0. The molecule has 2 aromatic heterocycles. The predicted octanol–water partition coefficient (Wildman–Crippen LogP) is 1.78. The van der Waals surface area contributed by atoms with Crippen LogP contribution in [0.3, 0.4) is 0 Å². The molecule has 4 rings (SSSR count). The second-order valence-electron chi connectivity index (χ2n) is 6.40. The Bertz CT molecular complexity index is 1010. The SMILES string of the molecule is O=C1CO[C@H](C(=O)NCc2csc(-c3ccccc3)n2)[C@@H](c2cccnc2)N1.O=CO. The molecule has 2 atom stereocenters. The summed E-state index contributed by atoms with van der Waals surface area (Å²) in [4.78, 5) is 41.4. The van der Waals surface area contributed by atoms with Gasteiger partial charge in [-0.3, -0.25) is 19.4 Å². The fourth-order valence-electron chi connectivity index (χ4n) is 2.98. The number of hydrogen-bond donors (Lipinski definition) is 3. The van der Waals surface area contributed by atoms with Gasteiger partial charge in [-0.2, -0.15) is 0 Å². The van der Waals surface area contributed by atoms with E-state index in [1.165, 1.54) is 11.3 Å². The number of rotatable bonds is 5. The van der Waals surface area contributed by atoms with Crippen LogP contribution in [0.1, 0.15) is 17.3 Å². The first-order chi connectivity index (χ1) is 15.1. The average Bonchev–Trinajstić information content (AvgIpc) is 3.28. The third-order valence-corrected chi connectivity index (χ3v) is 5.27. The van der Waals surface area contributed by atoms with Gasteiger partial charge in [0.1, 0.15) is 11.6 Å². The molecular formula is C21H20N4O5S. The van der Waals surface area contributed by atoms with Crippen molar-refractivity contribution in [2.24, 2.45) is 0 Å². The van der Waals surface area contributed by atoms with Crippen LogP contribution in [0.5, 0.6) is 0 Å². The highest BCUT2D eigenvalue weighted by Gasteiger charge is 2.36. The number of aromatic nitrogens is 2. The van der Waals surface area contributed by atoms with Crippen LogP contribution < -0.4 is 10.6 Å². The number of ether oxygens (including phenoxy) is 1. The summed E-state index contributed by atoms with van der Waals surface area (Å²) in [6.07, 6.45) is 2.43. The molecule has 0 aliphatic carbocycles. The standard InChI is InChI=1S/C20H18N4O3S.CH2O2/c25-16-11-27-18(17(24-16)14-7-4-8-21-9-14)19(26)22-10-15-12-28-20(23-15)13-5-2-1-3-6-13;2-1-3/h1-9,12,17-18H,10-11H2,(H,22,26)(H,24,25);1H,(H,2,3)/t17-,18+;/m1./s1. The zero-order valence-corrected chi connectivity index (χ0v) is 17.1. The minimum Gasteiger partial charge on any atom is -0.483 e. The van der Waals surface area contributed by atoms with E-state index in [-0.39, 0.29) is 31.4 Å². The molecule has 3 N–H and O–H groups in total. The molecule has 2 amide bonds. The summed E-state index contributed by atoms with van der Waals surface area (Å²) in [5.41, 5.74) is 2.53. The molecule has 3 heterocycles. The summed E-state index contributed by atoms with van der Waals surface area (Å²) in [5.74, 6) is -0.562. The molecule has 10 heteroatoms. The van der Waals surface area contributed by atoms with Crippen LogP contribution in [0.15, 0.2) is 60.2 Å². The lowest BCUT2D eigenvalue weighted by Gasteiger charge is -2.31. The minimum absolute atomic E-state index is 0.149. The number of carbonyl (C=O) groups is 3. The highest BCUT2D eigenvalue weighted by atomic mass is 32.1. The van der Waals surface area contributed by atoms with E-state index >= 15 is 0 Å². The van der Waals surface area contributed by atoms with Crippen molar-refractivity contribution in [3.05, 3.63) is 71.5 Å². The fraction of sp³-hybridized carbons (Fsp3) is 0.190. The van der Waals surface area contributed by atoms with E-state index in [1.54, 1.807) is 24.5 Å². The van der Waals surface area contributed by atoms with E-state index in [9.17, 15) is 9.59 Å². The van der Waals surface area contributed by atoms with Crippen LogP contribution in [-0.4, -0.2) is 46.1 Å². The van der Waals surface area contributed by atoms with Crippen LogP contribution in [0.2, 0.25) is 0 Å².